The molecule has 4 rings (SSSR count). The molecular weight excluding hydrogens is 745 g/mol. The number of Topliss-reactive ketones (excluding diaryl/α,β-unsaturated/α-hetero) is 1. The molecule has 316 valence electrons. The first-order valence-electron chi connectivity index (χ1n) is 20.6. The van der Waals surface area contributed by atoms with Crippen molar-refractivity contribution in [2.75, 3.05) is 39.9 Å². The largest absolute Gasteiger partial charge is 0.494 e. The Morgan fingerprint density at radius 3 is 2.28 bits per heavy atom. The van der Waals surface area contributed by atoms with Gasteiger partial charge in [-0.1, -0.05) is 56.0 Å². The van der Waals surface area contributed by atoms with Crippen molar-refractivity contribution in [2.45, 2.75) is 109 Å². The van der Waals surface area contributed by atoms with Crippen LogP contribution < -0.4 is 26.6 Å². The second kappa shape index (κ2) is 23.2. The van der Waals surface area contributed by atoms with Gasteiger partial charge in [0, 0.05) is 26.6 Å². The SMILES string of the molecule is CCCN(C(=O)C(NC(=O)CC1=CC(OCCCCO)=CCC1)C1CCCCC1)C(C)C(=O)NCC(=O)C(=O)NCC(=O)NC(C(=O)NC)=C1Cc2ccccc2C1. The van der Waals surface area contributed by atoms with Crippen molar-refractivity contribution < 1.29 is 43.4 Å². The maximum Gasteiger partial charge on any atom is 0.289 e. The number of aliphatic hydroxyl groups excluding tert-OH is 1. The first-order chi connectivity index (χ1) is 27.9. The molecule has 1 saturated carbocycles. The number of carbonyl (C=O) groups excluding carboxylic acids is 7. The average molecular weight is 805 g/mol. The molecule has 2 unspecified atom stereocenters. The third-order valence-electron chi connectivity index (χ3n) is 10.7. The number of ether oxygens (including phenoxy) is 1. The first-order valence-corrected chi connectivity index (χ1v) is 20.6. The Hall–Kier alpha value is -5.31. The minimum absolute atomic E-state index is 0.0897. The van der Waals surface area contributed by atoms with Gasteiger partial charge in [-0.15, -0.1) is 0 Å². The van der Waals surface area contributed by atoms with Crippen LogP contribution in [0.1, 0.15) is 95.6 Å². The molecule has 3 aliphatic carbocycles. The van der Waals surface area contributed by atoms with Gasteiger partial charge >= 0.3 is 0 Å². The minimum atomic E-state index is -1.10. The lowest BCUT2D eigenvalue weighted by Gasteiger charge is -2.36. The Bertz CT molecular complexity index is 1740. The van der Waals surface area contributed by atoms with Gasteiger partial charge in [-0.05, 0) is 99.5 Å². The average Bonchev–Trinajstić information content (AvgIpc) is 3.67. The highest BCUT2D eigenvalue weighted by Gasteiger charge is 2.37. The Morgan fingerprint density at radius 2 is 1.62 bits per heavy atom. The molecule has 0 spiro atoms. The molecule has 1 aromatic carbocycles. The lowest BCUT2D eigenvalue weighted by atomic mass is 9.83. The molecule has 6 N–H and O–H groups in total. The van der Waals surface area contributed by atoms with Gasteiger partial charge < -0.3 is 41.3 Å². The van der Waals surface area contributed by atoms with E-state index in [1.54, 1.807) is 6.92 Å². The molecule has 0 bridgehead atoms. The van der Waals surface area contributed by atoms with Gasteiger partial charge in [0.15, 0.2) is 0 Å². The van der Waals surface area contributed by atoms with Gasteiger partial charge in [0.05, 0.1) is 19.7 Å². The van der Waals surface area contributed by atoms with Crippen LogP contribution in [0.4, 0.5) is 0 Å². The molecule has 0 radical (unpaired) electrons. The van der Waals surface area contributed by atoms with Crippen molar-refractivity contribution in [3.63, 3.8) is 0 Å². The topological polar surface area (TPSA) is 212 Å². The quantitative estimate of drug-likeness (QED) is 0.0610. The van der Waals surface area contributed by atoms with E-state index >= 15 is 0 Å². The highest BCUT2D eigenvalue weighted by Crippen LogP contribution is 2.29. The number of hydrogen-bond donors (Lipinski definition) is 6. The van der Waals surface area contributed by atoms with Crippen LogP contribution in [0.15, 0.2) is 59.0 Å². The normalized spacial score (nSPS) is 16.0. The van der Waals surface area contributed by atoms with Gasteiger partial charge in [-0.2, -0.15) is 0 Å². The number of likely N-dealkylation sites (N-methyl/N-ethyl adjacent to an activating group) is 1. The molecule has 2 atom stereocenters. The number of fused-ring (bicyclic) bond motifs is 1. The molecule has 0 aliphatic heterocycles. The Labute approximate surface area is 340 Å². The highest BCUT2D eigenvalue weighted by molar-refractivity contribution is 6.37. The Morgan fingerprint density at radius 1 is 0.914 bits per heavy atom. The van der Waals surface area contributed by atoms with Gasteiger partial charge in [-0.25, -0.2) is 0 Å². The second-order valence-electron chi connectivity index (χ2n) is 15.1. The first kappa shape index (κ1) is 45.4. The molecule has 3 aliphatic rings. The van der Waals surface area contributed by atoms with Gasteiger partial charge in [0.25, 0.3) is 11.8 Å². The van der Waals surface area contributed by atoms with Crippen LogP contribution in [-0.2, 0) is 51.1 Å². The summed E-state index contributed by atoms with van der Waals surface area (Å²) in [6.07, 6.45) is 12.6. The van der Waals surface area contributed by atoms with Crippen molar-refractivity contribution in [1.82, 2.24) is 31.5 Å². The fourth-order valence-electron chi connectivity index (χ4n) is 7.58. The van der Waals surface area contributed by atoms with Gasteiger partial charge in [0.2, 0.25) is 29.4 Å². The number of carbonyl (C=O) groups is 7. The van der Waals surface area contributed by atoms with Crippen LogP contribution in [0.5, 0.6) is 0 Å². The molecular formula is C43H60N6O9. The molecule has 0 aromatic heterocycles. The van der Waals surface area contributed by atoms with E-state index in [-0.39, 0.29) is 43.0 Å². The third kappa shape index (κ3) is 13.4. The second-order valence-corrected chi connectivity index (χ2v) is 15.1. The van der Waals surface area contributed by atoms with Crippen LogP contribution >= 0.6 is 0 Å². The van der Waals surface area contributed by atoms with E-state index in [9.17, 15) is 33.6 Å². The fraction of sp³-hybridized carbons (Fsp3) is 0.558. The molecule has 0 heterocycles. The number of unbranched alkanes of at least 4 members (excludes halogenated alkanes) is 1. The standard InChI is InChI=1S/C43H60N6O9/c1-4-19-49(43(57)39(30-14-6-5-7-15-30)47-36(52)23-29-13-12-18-34(22-29)58-21-11-10-20-50)28(2)40(54)45-26-35(51)41(55)46-27-37(53)48-38(42(56)44-3)33-24-31-16-8-9-17-32(31)25-33/h8-9,16-18,22,28,30,39,50H,4-7,10-15,19-21,23-27H2,1-3H3,(H,44,56)(H,45,54)(H,46,55)(H,47,52)(H,48,53). The van der Waals surface area contributed by atoms with Crippen LogP contribution in [0.25, 0.3) is 0 Å². The predicted octanol–water partition coefficient (Wildman–Crippen LogP) is 2.18. The Balaban J connectivity index is 1.32. The summed E-state index contributed by atoms with van der Waals surface area (Å²) < 4.78 is 5.81. The van der Waals surface area contributed by atoms with Crippen LogP contribution in [0.3, 0.4) is 0 Å². The predicted molar refractivity (Wildman–Crippen MR) is 216 cm³/mol. The summed E-state index contributed by atoms with van der Waals surface area (Å²) in [6, 6.07) is 5.85. The van der Waals surface area contributed by atoms with Crippen molar-refractivity contribution in [1.29, 1.82) is 0 Å². The number of hydrogen-bond acceptors (Lipinski definition) is 9. The number of benzene rings is 1. The number of ketones is 1. The van der Waals surface area contributed by atoms with Crippen molar-refractivity contribution in [2.24, 2.45) is 5.92 Å². The lowest BCUT2D eigenvalue weighted by Crippen LogP contribution is -2.58. The highest BCUT2D eigenvalue weighted by atomic mass is 16.5. The van der Waals surface area contributed by atoms with E-state index in [4.69, 9.17) is 9.84 Å². The summed E-state index contributed by atoms with van der Waals surface area (Å²) in [6.45, 7) is 2.95. The third-order valence-corrected chi connectivity index (χ3v) is 10.7. The fourth-order valence-corrected chi connectivity index (χ4v) is 7.58. The molecule has 0 saturated heterocycles. The summed E-state index contributed by atoms with van der Waals surface area (Å²) >= 11 is 0. The number of nitrogens with zero attached hydrogens (tertiary/aromatic N) is 1. The molecule has 1 aromatic rings. The van der Waals surface area contributed by atoms with Gasteiger partial charge in [-0.3, -0.25) is 33.6 Å². The molecule has 15 heteroatoms. The van der Waals surface area contributed by atoms with Crippen LogP contribution in [0.2, 0.25) is 0 Å². The number of allylic oxidation sites excluding steroid dienone is 3. The van der Waals surface area contributed by atoms with Crippen molar-refractivity contribution in [3.8, 4) is 0 Å². The number of nitrogens with one attached hydrogen (secondary N) is 5. The minimum Gasteiger partial charge on any atom is -0.494 e. The summed E-state index contributed by atoms with van der Waals surface area (Å²) in [4.78, 5) is 93.4. The molecule has 15 nitrogen and oxygen atoms in total. The van der Waals surface area contributed by atoms with Crippen molar-refractivity contribution >= 4 is 41.2 Å². The van der Waals surface area contributed by atoms with E-state index in [0.717, 1.165) is 67.2 Å². The maximum atomic E-state index is 14.3. The van der Waals surface area contributed by atoms with E-state index in [0.29, 0.717) is 44.5 Å². The molecule has 58 heavy (non-hydrogen) atoms. The molecule has 6 amide bonds. The zero-order chi connectivity index (χ0) is 42.0. The van der Waals surface area contributed by atoms with Crippen LogP contribution in [0, 0.1) is 5.92 Å². The van der Waals surface area contributed by atoms with Crippen LogP contribution in [-0.4, -0.2) is 103 Å². The number of amides is 6. The maximum absolute atomic E-state index is 14.3. The Kier molecular flexibility index (Phi) is 18.1. The van der Waals surface area contributed by atoms with E-state index in [1.165, 1.54) is 11.9 Å². The smallest absolute Gasteiger partial charge is 0.289 e. The van der Waals surface area contributed by atoms with E-state index in [2.05, 4.69) is 26.6 Å². The summed E-state index contributed by atoms with van der Waals surface area (Å²) in [7, 11) is 1.45. The zero-order valence-corrected chi connectivity index (χ0v) is 34.1. The van der Waals surface area contributed by atoms with Gasteiger partial charge in [0.1, 0.15) is 23.5 Å². The van der Waals surface area contributed by atoms with E-state index in [1.807, 2.05) is 43.3 Å². The summed E-state index contributed by atoms with van der Waals surface area (Å²) in [5.41, 5.74) is 3.80. The molecule has 1 fully saturated rings. The summed E-state index contributed by atoms with van der Waals surface area (Å²) in [5.74, 6) is -4.03. The number of rotatable bonds is 21. The number of aliphatic hydroxyl groups is 1. The van der Waals surface area contributed by atoms with Crippen molar-refractivity contribution in [3.05, 3.63) is 70.1 Å². The zero-order valence-electron chi connectivity index (χ0n) is 34.1. The summed E-state index contributed by atoms with van der Waals surface area (Å²) in [5, 5.41) is 21.8. The van der Waals surface area contributed by atoms with E-state index < -0.39 is 54.6 Å². The monoisotopic (exact) mass is 804 g/mol. The lowest BCUT2D eigenvalue weighted by molar-refractivity contribution is -0.145.